The van der Waals surface area contributed by atoms with Crippen LogP contribution in [0.5, 0.6) is 5.75 Å². The quantitative estimate of drug-likeness (QED) is 0.710. The molecule has 5 nitrogen and oxygen atoms in total. The molecule has 0 saturated carbocycles. The van der Waals surface area contributed by atoms with E-state index in [2.05, 4.69) is 17.2 Å². The van der Waals surface area contributed by atoms with E-state index in [1.165, 1.54) is 0 Å². The van der Waals surface area contributed by atoms with Gasteiger partial charge in [0.2, 0.25) is 0 Å². The lowest BCUT2D eigenvalue weighted by molar-refractivity contribution is 0.0954. The molecule has 0 aliphatic heterocycles. The van der Waals surface area contributed by atoms with Crippen molar-refractivity contribution >= 4 is 17.5 Å². The molecule has 0 aromatic heterocycles. The second-order valence-electron chi connectivity index (χ2n) is 5.78. The number of benzene rings is 2. The van der Waals surface area contributed by atoms with E-state index in [1.54, 1.807) is 55.7 Å². The van der Waals surface area contributed by atoms with Crippen molar-refractivity contribution in [2.24, 2.45) is 0 Å². The molecule has 0 unspecified atom stereocenters. The van der Waals surface area contributed by atoms with Crippen molar-refractivity contribution in [3.8, 4) is 5.75 Å². The molecule has 136 valence electrons. The van der Waals surface area contributed by atoms with Gasteiger partial charge in [0.05, 0.1) is 18.4 Å². The molecule has 0 aliphatic carbocycles. The molecule has 0 bridgehead atoms. The lowest BCUT2D eigenvalue weighted by atomic mass is 10.1. The highest BCUT2D eigenvalue weighted by Crippen LogP contribution is 2.22. The standard InChI is InChI=1S/C21H24N2O3/c1-4-8-15-14-16(11-12-19(15)26-3)20(24)23-18-10-7-6-9-17(18)21(25)22-13-5-2/h4,6-7,9-12,14H,1,5,8,13H2,2-3H3,(H,22,25)(H,23,24). The smallest absolute Gasteiger partial charge is 0.255 e. The molecule has 0 spiro atoms. The van der Waals surface area contributed by atoms with Crippen LogP contribution in [0.25, 0.3) is 0 Å². The number of nitrogens with one attached hydrogen (secondary N) is 2. The Morgan fingerprint density at radius 3 is 2.62 bits per heavy atom. The minimum atomic E-state index is -0.284. The van der Waals surface area contributed by atoms with E-state index in [0.29, 0.717) is 35.5 Å². The summed E-state index contributed by atoms with van der Waals surface area (Å²) in [7, 11) is 1.59. The van der Waals surface area contributed by atoms with Crippen LogP contribution in [-0.2, 0) is 6.42 Å². The summed E-state index contributed by atoms with van der Waals surface area (Å²) in [4.78, 5) is 24.9. The van der Waals surface area contributed by atoms with Gasteiger partial charge < -0.3 is 15.4 Å². The van der Waals surface area contributed by atoms with Crippen LogP contribution in [0.2, 0.25) is 0 Å². The number of carbonyl (C=O) groups excluding carboxylic acids is 2. The molecule has 0 heterocycles. The summed E-state index contributed by atoms with van der Waals surface area (Å²) in [6.07, 6.45) is 3.20. The van der Waals surface area contributed by atoms with Crippen LogP contribution in [0.15, 0.2) is 55.1 Å². The highest BCUT2D eigenvalue weighted by molar-refractivity contribution is 6.09. The predicted octanol–water partition coefficient (Wildman–Crippen LogP) is 3.82. The average Bonchev–Trinajstić information content (AvgIpc) is 2.66. The zero-order valence-corrected chi connectivity index (χ0v) is 15.2. The predicted molar refractivity (Wildman–Crippen MR) is 104 cm³/mol. The maximum absolute atomic E-state index is 12.6. The Bertz CT molecular complexity index is 800. The van der Waals surface area contributed by atoms with Gasteiger partial charge >= 0.3 is 0 Å². The number of hydrogen-bond donors (Lipinski definition) is 2. The Balaban J connectivity index is 2.24. The van der Waals surface area contributed by atoms with Crippen LogP contribution in [0.4, 0.5) is 5.69 Å². The van der Waals surface area contributed by atoms with Crippen LogP contribution in [0.3, 0.4) is 0 Å². The topological polar surface area (TPSA) is 67.4 Å². The van der Waals surface area contributed by atoms with E-state index in [0.717, 1.165) is 12.0 Å². The van der Waals surface area contributed by atoms with Crippen LogP contribution < -0.4 is 15.4 Å². The van der Waals surface area contributed by atoms with Gasteiger partial charge in [-0.1, -0.05) is 25.1 Å². The molecular formula is C21H24N2O3. The number of hydrogen-bond acceptors (Lipinski definition) is 3. The molecule has 0 aliphatic rings. The van der Waals surface area contributed by atoms with Gasteiger partial charge in [-0.2, -0.15) is 0 Å². The number of anilines is 1. The number of allylic oxidation sites excluding steroid dienone is 1. The zero-order chi connectivity index (χ0) is 18.9. The first kappa shape index (κ1) is 19.2. The van der Waals surface area contributed by atoms with Gasteiger partial charge in [-0.3, -0.25) is 9.59 Å². The number of para-hydroxylation sites is 1. The molecule has 0 atom stereocenters. The summed E-state index contributed by atoms with van der Waals surface area (Å²) in [6.45, 7) is 6.30. The van der Waals surface area contributed by atoms with Crippen LogP contribution >= 0.6 is 0 Å². The monoisotopic (exact) mass is 352 g/mol. The SMILES string of the molecule is C=CCc1cc(C(=O)Nc2ccccc2C(=O)NCCC)ccc1OC. The summed E-state index contributed by atoms with van der Waals surface area (Å²) in [6, 6.07) is 12.2. The van der Waals surface area contributed by atoms with Crippen molar-refractivity contribution in [1.82, 2.24) is 5.32 Å². The van der Waals surface area contributed by atoms with Gasteiger partial charge in [0, 0.05) is 12.1 Å². The van der Waals surface area contributed by atoms with Crippen molar-refractivity contribution in [2.45, 2.75) is 19.8 Å². The zero-order valence-electron chi connectivity index (χ0n) is 15.2. The third kappa shape index (κ3) is 4.72. The molecule has 2 aromatic rings. The molecule has 0 saturated heterocycles. The number of rotatable bonds is 8. The average molecular weight is 352 g/mol. The van der Waals surface area contributed by atoms with Crippen molar-refractivity contribution in [3.63, 3.8) is 0 Å². The normalized spacial score (nSPS) is 10.1. The minimum absolute atomic E-state index is 0.204. The van der Waals surface area contributed by atoms with Gasteiger partial charge in [-0.05, 0) is 48.7 Å². The Hall–Kier alpha value is -3.08. The lowest BCUT2D eigenvalue weighted by Crippen LogP contribution is -2.25. The second-order valence-corrected chi connectivity index (χ2v) is 5.78. The summed E-state index contributed by atoms with van der Waals surface area (Å²) in [5.41, 5.74) is 2.29. The Morgan fingerprint density at radius 2 is 1.92 bits per heavy atom. The Labute approximate surface area is 154 Å². The summed E-state index contributed by atoms with van der Waals surface area (Å²) in [5, 5.41) is 5.65. The molecule has 2 aromatic carbocycles. The second kappa shape index (κ2) is 9.42. The molecule has 2 rings (SSSR count). The van der Waals surface area contributed by atoms with Gasteiger partial charge in [-0.25, -0.2) is 0 Å². The van der Waals surface area contributed by atoms with Crippen LogP contribution in [0, 0.1) is 0 Å². The fourth-order valence-corrected chi connectivity index (χ4v) is 2.55. The fourth-order valence-electron chi connectivity index (χ4n) is 2.55. The molecule has 5 heteroatoms. The highest BCUT2D eigenvalue weighted by Gasteiger charge is 2.15. The summed E-state index contributed by atoms with van der Waals surface area (Å²) in [5.74, 6) is 0.222. The summed E-state index contributed by atoms with van der Waals surface area (Å²) < 4.78 is 5.31. The molecule has 2 amide bonds. The van der Waals surface area contributed by atoms with E-state index in [-0.39, 0.29) is 11.8 Å². The maximum atomic E-state index is 12.6. The largest absolute Gasteiger partial charge is 0.496 e. The first-order valence-corrected chi connectivity index (χ1v) is 8.57. The third-order valence-electron chi connectivity index (χ3n) is 3.86. The van der Waals surface area contributed by atoms with Crippen molar-refractivity contribution < 1.29 is 14.3 Å². The highest BCUT2D eigenvalue weighted by atomic mass is 16.5. The maximum Gasteiger partial charge on any atom is 0.255 e. The van der Waals surface area contributed by atoms with E-state index in [1.807, 2.05) is 6.92 Å². The minimum Gasteiger partial charge on any atom is -0.496 e. The molecule has 2 N–H and O–H groups in total. The van der Waals surface area contributed by atoms with Gasteiger partial charge in [0.1, 0.15) is 5.75 Å². The number of amides is 2. The van der Waals surface area contributed by atoms with Crippen molar-refractivity contribution in [1.29, 1.82) is 0 Å². The summed E-state index contributed by atoms with van der Waals surface area (Å²) >= 11 is 0. The number of ether oxygens (including phenoxy) is 1. The fraction of sp³-hybridized carbons (Fsp3) is 0.238. The number of methoxy groups -OCH3 is 1. The van der Waals surface area contributed by atoms with Crippen molar-refractivity contribution in [2.75, 3.05) is 19.0 Å². The first-order chi connectivity index (χ1) is 12.6. The first-order valence-electron chi connectivity index (χ1n) is 8.57. The molecule has 26 heavy (non-hydrogen) atoms. The lowest BCUT2D eigenvalue weighted by Gasteiger charge is -2.13. The third-order valence-corrected chi connectivity index (χ3v) is 3.86. The molecular weight excluding hydrogens is 328 g/mol. The number of carbonyl (C=O) groups is 2. The van der Waals surface area contributed by atoms with E-state index >= 15 is 0 Å². The Kier molecular flexibility index (Phi) is 6.97. The molecule has 0 fully saturated rings. The van der Waals surface area contributed by atoms with Gasteiger partial charge in [0.15, 0.2) is 0 Å². The van der Waals surface area contributed by atoms with Crippen molar-refractivity contribution in [3.05, 3.63) is 71.8 Å². The van der Waals surface area contributed by atoms with Gasteiger partial charge in [-0.15, -0.1) is 6.58 Å². The van der Waals surface area contributed by atoms with Crippen LogP contribution in [-0.4, -0.2) is 25.5 Å². The van der Waals surface area contributed by atoms with E-state index in [4.69, 9.17) is 4.74 Å². The molecule has 0 radical (unpaired) electrons. The van der Waals surface area contributed by atoms with E-state index < -0.39 is 0 Å². The van der Waals surface area contributed by atoms with Gasteiger partial charge in [0.25, 0.3) is 11.8 Å². The van der Waals surface area contributed by atoms with Crippen LogP contribution in [0.1, 0.15) is 39.6 Å². The van der Waals surface area contributed by atoms with E-state index in [9.17, 15) is 9.59 Å². The Morgan fingerprint density at radius 1 is 1.15 bits per heavy atom.